The molecule has 0 spiro atoms. The van der Waals surface area contributed by atoms with Gasteiger partial charge in [-0.1, -0.05) is 0 Å². The van der Waals surface area contributed by atoms with Gasteiger partial charge in [0.2, 0.25) is 0 Å². The summed E-state index contributed by atoms with van der Waals surface area (Å²) in [5.41, 5.74) is 0. The number of nitrogens with zero attached hydrogens (tertiary/aromatic N) is 1. The summed E-state index contributed by atoms with van der Waals surface area (Å²) in [6.45, 7) is 3.24. The predicted molar refractivity (Wildman–Crippen MR) is 44.0 cm³/mol. The highest BCUT2D eigenvalue weighted by Crippen LogP contribution is 2.04. The first-order chi connectivity index (χ1) is 6.15. The summed E-state index contributed by atoms with van der Waals surface area (Å²) in [4.78, 5) is 23.6. The molecule has 1 amide bonds. The van der Waals surface area contributed by atoms with Crippen LogP contribution in [0.2, 0.25) is 0 Å². The first-order valence-electron chi connectivity index (χ1n) is 4.14. The Bertz CT molecular complexity index is 216. The van der Waals surface area contributed by atoms with Gasteiger partial charge in [-0.25, -0.2) is 4.79 Å². The monoisotopic (exact) mass is 187 g/mol. The van der Waals surface area contributed by atoms with Gasteiger partial charge in [0.05, 0.1) is 19.8 Å². The molecule has 1 rings (SSSR count). The van der Waals surface area contributed by atoms with Gasteiger partial charge in [0.25, 0.3) is 0 Å². The molecule has 0 aromatic rings. The van der Waals surface area contributed by atoms with Crippen LogP contribution in [0.4, 0.5) is 0 Å². The maximum absolute atomic E-state index is 11.3. The van der Waals surface area contributed by atoms with Crippen molar-refractivity contribution < 1.29 is 19.1 Å². The highest BCUT2D eigenvalue weighted by Gasteiger charge is 2.26. The highest BCUT2D eigenvalue weighted by atomic mass is 16.5. The number of esters is 1. The molecule has 0 aliphatic carbocycles. The molecule has 0 bridgehead atoms. The largest absolute Gasteiger partial charge is 0.462 e. The van der Waals surface area contributed by atoms with Gasteiger partial charge < -0.3 is 14.4 Å². The molecule has 1 fully saturated rings. The van der Waals surface area contributed by atoms with E-state index in [-0.39, 0.29) is 6.10 Å². The van der Waals surface area contributed by atoms with Crippen LogP contribution >= 0.6 is 0 Å². The lowest BCUT2D eigenvalue weighted by Crippen LogP contribution is -2.47. The third kappa shape index (κ3) is 2.42. The molecule has 1 heterocycles. The van der Waals surface area contributed by atoms with Gasteiger partial charge in [0.15, 0.2) is 0 Å². The van der Waals surface area contributed by atoms with Crippen LogP contribution in [-0.2, 0) is 19.1 Å². The zero-order chi connectivity index (χ0) is 9.84. The number of carbonyl (C=O) groups excluding carboxylic acids is 2. The summed E-state index contributed by atoms with van der Waals surface area (Å²) >= 11 is 0. The summed E-state index contributed by atoms with van der Waals surface area (Å²) in [6.07, 6.45) is -0.0117. The van der Waals surface area contributed by atoms with Crippen molar-refractivity contribution in [1.29, 1.82) is 0 Å². The van der Waals surface area contributed by atoms with E-state index in [2.05, 4.69) is 4.74 Å². The van der Waals surface area contributed by atoms with Crippen LogP contribution in [0.1, 0.15) is 6.92 Å². The number of methoxy groups -OCH3 is 1. The number of morpholine rings is 1. The van der Waals surface area contributed by atoms with Crippen molar-refractivity contribution >= 4 is 11.9 Å². The third-order valence-electron chi connectivity index (χ3n) is 1.89. The molecular formula is C8H13NO4. The van der Waals surface area contributed by atoms with Crippen LogP contribution in [0.15, 0.2) is 0 Å². The van der Waals surface area contributed by atoms with Crippen LogP contribution in [-0.4, -0.2) is 49.7 Å². The van der Waals surface area contributed by atoms with Crippen LogP contribution in [0.25, 0.3) is 0 Å². The molecule has 74 valence electrons. The Morgan fingerprint density at radius 3 is 2.77 bits per heavy atom. The Balaban J connectivity index is 2.51. The van der Waals surface area contributed by atoms with E-state index in [4.69, 9.17) is 4.74 Å². The van der Waals surface area contributed by atoms with Gasteiger partial charge in [0, 0.05) is 13.1 Å². The van der Waals surface area contributed by atoms with Crippen LogP contribution < -0.4 is 0 Å². The lowest BCUT2D eigenvalue weighted by atomic mass is 10.3. The zero-order valence-corrected chi connectivity index (χ0v) is 7.78. The van der Waals surface area contributed by atoms with E-state index in [1.807, 2.05) is 6.92 Å². The molecule has 5 nitrogen and oxygen atoms in total. The number of ether oxygens (including phenoxy) is 2. The minimum Gasteiger partial charge on any atom is -0.462 e. The van der Waals surface area contributed by atoms with Crippen LogP contribution in [0, 0.1) is 0 Å². The lowest BCUT2D eigenvalue weighted by molar-refractivity contribution is -0.161. The van der Waals surface area contributed by atoms with Gasteiger partial charge in [-0.3, -0.25) is 4.79 Å². The van der Waals surface area contributed by atoms with Crippen LogP contribution in [0.5, 0.6) is 0 Å². The van der Waals surface area contributed by atoms with E-state index in [1.165, 1.54) is 12.0 Å². The zero-order valence-electron chi connectivity index (χ0n) is 7.78. The lowest BCUT2D eigenvalue weighted by Gasteiger charge is -2.30. The van der Waals surface area contributed by atoms with Gasteiger partial charge in [0.1, 0.15) is 0 Å². The van der Waals surface area contributed by atoms with E-state index in [1.54, 1.807) is 0 Å². The van der Waals surface area contributed by atoms with Crippen molar-refractivity contribution in [1.82, 2.24) is 4.90 Å². The molecule has 5 heteroatoms. The van der Waals surface area contributed by atoms with Crippen molar-refractivity contribution in [3.8, 4) is 0 Å². The molecule has 0 radical (unpaired) electrons. The van der Waals surface area contributed by atoms with Crippen molar-refractivity contribution in [3.05, 3.63) is 0 Å². The Morgan fingerprint density at radius 2 is 2.23 bits per heavy atom. The number of amides is 1. The molecular weight excluding hydrogens is 174 g/mol. The number of carbonyl (C=O) groups is 2. The fourth-order valence-electron chi connectivity index (χ4n) is 1.22. The Kier molecular flexibility index (Phi) is 3.25. The second kappa shape index (κ2) is 4.23. The molecule has 0 aromatic heterocycles. The normalized spacial score (nSPS) is 22.6. The molecule has 0 saturated carbocycles. The molecule has 1 aliphatic rings. The second-order valence-corrected chi connectivity index (χ2v) is 2.92. The fraction of sp³-hybridized carbons (Fsp3) is 0.750. The predicted octanol–water partition coefficient (Wildman–Crippen LogP) is -0.593. The highest BCUT2D eigenvalue weighted by molar-refractivity contribution is 6.32. The van der Waals surface area contributed by atoms with Crippen molar-refractivity contribution in [2.24, 2.45) is 0 Å². The molecule has 13 heavy (non-hydrogen) atoms. The fourth-order valence-corrected chi connectivity index (χ4v) is 1.22. The average Bonchev–Trinajstić information content (AvgIpc) is 2.15. The van der Waals surface area contributed by atoms with Gasteiger partial charge >= 0.3 is 11.9 Å². The van der Waals surface area contributed by atoms with Crippen LogP contribution in [0.3, 0.4) is 0 Å². The van der Waals surface area contributed by atoms with E-state index in [9.17, 15) is 9.59 Å². The standard InChI is InChI=1S/C8H13NO4/c1-6-5-9(3-4-13-6)7(10)8(11)12-2/h6H,3-5H2,1-2H3. The van der Waals surface area contributed by atoms with Gasteiger partial charge in [-0.15, -0.1) is 0 Å². The van der Waals surface area contributed by atoms with Gasteiger partial charge in [-0.2, -0.15) is 0 Å². The van der Waals surface area contributed by atoms with Crippen molar-refractivity contribution in [3.63, 3.8) is 0 Å². The van der Waals surface area contributed by atoms with Gasteiger partial charge in [-0.05, 0) is 6.92 Å². The number of rotatable bonds is 0. The topological polar surface area (TPSA) is 55.8 Å². The maximum atomic E-state index is 11.3. The first-order valence-corrected chi connectivity index (χ1v) is 4.14. The first kappa shape index (κ1) is 9.98. The van der Waals surface area contributed by atoms with Crippen molar-refractivity contribution in [2.45, 2.75) is 13.0 Å². The molecule has 0 N–H and O–H groups in total. The SMILES string of the molecule is COC(=O)C(=O)N1CCOC(C)C1. The Hall–Kier alpha value is -1.10. The molecule has 1 atom stereocenters. The summed E-state index contributed by atoms with van der Waals surface area (Å²) in [5.74, 6) is -1.40. The maximum Gasteiger partial charge on any atom is 0.396 e. The summed E-state index contributed by atoms with van der Waals surface area (Å²) in [7, 11) is 1.20. The van der Waals surface area contributed by atoms with E-state index >= 15 is 0 Å². The molecule has 0 aromatic carbocycles. The smallest absolute Gasteiger partial charge is 0.396 e. The molecule has 1 aliphatic heterocycles. The Labute approximate surface area is 76.6 Å². The average molecular weight is 187 g/mol. The third-order valence-corrected chi connectivity index (χ3v) is 1.89. The minimum absolute atomic E-state index is 0.0117. The van der Waals surface area contributed by atoms with E-state index in [0.717, 1.165) is 0 Å². The van der Waals surface area contributed by atoms with E-state index in [0.29, 0.717) is 19.7 Å². The molecule has 1 unspecified atom stereocenters. The summed E-state index contributed by atoms with van der Waals surface area (Å²) in [5, 5.41) is 0. The number of hydrogen-bond donors (Lipinski definition) is 0. The second-order valence-electron chi connectivity index (χ2n) is 2.92. The number of hydrogen-bond acceptors (Lipinski definition) is 4. The quantitative estimate of drug-likeness (QED) is 0.375. The summed E-state index contributed by atoms with van der Waals surface area (Å²) in [6, 6.07) is 0. The van der Waals surface area contributed by atoms with Crippen molar-refractivity contribution in [2.75, 3.05) is 26.8 Å². The Morgan fingerprint density at radius 1 is 1.54 bits per heavy atom. The van der Waals surface area contributed by atoms with E-state index < -0.39 is 11.9 Å². The summed E-state index contributed by atoms with van der Waals surface area (Å²) < 4.78 is 9.56. The molecule has 1 saturated heterocycles. The minimum atomic E-state index is -0.811.